The van der Waals surface area contributed by atoms with Gasteiger partial charge in [-0.15, -0.1) is 12.4 Å². The molecule has 2 fully saturated rings. The van der Waals surface area contributed by atoms with Crippen LogP contribution in [0.1, 0.15) is 112 Å². The Morgan fingerprint density at radius 1 is 0.662 bits per heavy atom. The van der Waals surface area contributed by atoms with E-state index >= 15 is 0 Å². The molecule has 2 unspecified atom stereocenters. The van der Waals surface area contributed by atoms with E-state index in [1.54, 1.807) is 6.07 Å². The smallest absolute Gasteiger partial charge is 0.344 e. The molecule has 3 aromatic carbocycles. The van der Waals surface area contributed by atoms with Crippen LogP contribution in [0.4, 0.5) is 22.0 Å². The third-order valence-electron chi connectivity index (χ3n) is 9.07. The standard InChI is InChI=1S/C21H18BrF5O5.C19H29BrN2O4.C4H12N2.ClH/c1-10-11(21(28)32-20-17(26)15(24)14(23)16(25)18(20)27)5-6-12(22)19(10)31-9-8-30-13-4-2-3-7-29-13;1-13-14(18(23)21-22-19(2,3)4)8-9-15(20)17(13)26-12-11-25-16-7-5-6-10-24-16;1-4(2,3)6-5;/h5-6,13H,2-4,7-9H2,1H3;8-9,16,22H,5-7,10-12H2,1-4H3,(H,21,23);6H,5H2,1-3H3;1H. The van der Waals surface area contributed by atoms with Gasteiger partial charge in [0.05, 0.1) is 27.7 Å². The van der Waals surface area contributed by atoms with Crippen LogP contribution >= 0.6 is 44.3 Å². The third kappa shape index (κ3) is 18.8. The van der Waals surface area contributed by atoms with Gasteiger partial charge in [0.2, 0.25) is 34.8 Å². The van der Waals surface area contributed by atoms with Crippen molar-refractivity contribution in [1.29, 1.82) is 0 Å². The Bertz CT molecular complexity index is 1990. The van der Waals surface area contributed by atoms with Gasteiger partial charge >= 0.3 is 5.97 Å². The van der Waals surface area contributed by atoms with E-state index in [-0.39, 0.29) is 72.1 Å². The summed E-state index contributed by atoms with van der Waals surface area (Å²) in [7, 11) is 0. The van der Waals surface area contributed by atoms with Crippen LogP contribution in [0.25, 0.3) is 0 Å². The first-order chi connectivity index (χ1) is 30.1. The second kappa shape index (κ2) is 27.6. The number of hydrogen-bond donors (Lipinski definition) is 4. The van der Waals surface area contributed by atoms with Crippen LogP contribution < -0.4 is 36.3 Å². The average Bonchev–Trinajstić information content (AvgIpc) is 3.25. The van der Waals surface area contributed by atoms with Gasteiger partial charge in [-0.2, -0.15) is 8.78 Å². The molecule has 2 atom stereocenters. The predicted molar refractivity (Wildman–Crippen MR) is 244 cm³/mol. The van der Waals surface area contributed by atoms with Crippen LogP contribution in [0, 0.1) is 42.9 Å². The number of nitrogens with two attached hydrogens (primary N) is 1. The number of esters is 1. The molecule has 2 heterocycles. The molecule has 0 bridgehead atoms. The highest BCUT2D eigenvalue weighted by Gasteiger charge is 2.30. The Labute approximate surface area is 400 Å². The number of hydrogen-bond acceptors (Lipinski definition) is 12. The van der Waals surface area contributed by atoms with E-state index in [9.17, 15) is 31.5 Å². The van der Waals surface area contributed by atoms with Crippen LogP contribution in [0.5, 0.6) is 17.2 Å². The van der Waals surface area contributed by atoms with Gasteiger partial charge in [0.1, 0.15) is 24.7 Å². The Kier molecular flexibility index (Phi) is 24.6. The number of nitrogens with one attached hydrogen (secondary N) is 3. The Hall–Kier alpha value is -3.18. The number of amides is 1. The van der Waals surface area contributed by atoms with Crippen molar-refractivity contribution in [2.75, 3.05) is 39.6 Å². The molecular formula is C44H60Br2ClF5N4O9. The largest absolute Gasteiger partial charge is 0.490 e. The third-order valence-corrected chi connectivity index (χ3v) is 10.3. The summed E-state index contributed by atoms with van der Waals surface area (Å²) in [4.78, 5) is 24.9. The molecular weight excluding hydrogens is 1020 g/mol. The summed E-state index contributed by atoms with van der Waals surface area (Å²) in [6.45, 7) is 17.8. The minimum Gasteiger partial charge on any atom is -0.490 e. The molecule has 0 saturated carbocycles. The van der Waals surface area contributed by atoms with Gasteiger partial charge in [-0.25, -0.2) is 23.4 Å². The number of rotatable bonds is 14. The molecule has 5 N–H and O–H groups in total. The molecule has 5 rings (SSSR count). The zero-order valence-corrected chi connectivity index (χ0v) is 41.7. The van der Waals surface area contributed by atoms with Gasteiger partial charge in [0.25, 0.3) is 5.91 Å². The Morgan fingerprint density at radius 3 is 1.48 bits per heavy atom. The number of carbonyl (C=O) groups excluding carboxylic acids is 2. The lowest BCUT2D eigenvalue weighted by Crippen LogP contribution is -2.48. The first-order valence-corrected chi connectivity index (χ1v) is 22.2. The average molecular weight is 1080 g/mol. The number of hydrazine groups is 2. The summed E-state index contributed by atoms with van der Waals surface area (Å²) in [6.07, 6.45) is 5.50. The zero-order chi connectivity index (χ0) is 47.8. The predicted octanol–water partition coefficient (Wildman–Crippen LogP) is 9.98. The molecule has 2 aliphatic heterocycles. The molecule has 1 amide bonds. The van der Waals surface area contributed by atoms with Crippen LogP contribution in [0.2, 0.25) is 0 Å². The van der Waals surface area contributed by atoms with E-state index in [0.29, 0.717) is 35.6 Å². The van der Waals surface area contributed by atoms with E-state index in [0.717, 1.165) is 55.2 Å². The topological polar surface area (TPSA) is 161 Å². The van der Waals surface area contributed by atoms with Gasteiger partial charge in [-0.05, 0) is 150 Å². The van der Waals surface area contributed by atoms with Crippen LogP contribution in [-0.4, -0.2) is 75.2 Å². The highest BCUT2D eigenvalue weighted by Crippen LogP contribution is 2.35. The lowest BCUT2D eigenvalue weighted by molar-refractivity contribution is -0.165. The lowest BCUT2D eigenvalue weighted by atomic mass is 10.1. The molecule has 13 nitrogen and oxygen atoms in total. The monoisotopic (exact) mass is 1080 g/mol. The van der Waals surface area contributed by atoms with E-state index < -0.39 is 40.8 Å². The lowest BCUT2D eigenvalue weighted by Gasteiger charge is -2.23. The SMILES string of the molecule is CC(C)(C)NN.Cc1c(C(=O)NNC(C)(C)C)ccc(Br)c1OCCOC1CCCCO1.Cc1c(C(=O)Oc2c(F)c(F)c(F)c(F)c2F)ccc(Br)c1OCCOC1CCCCO1.Cl. The number of carbonyl (C=O) groups is 2. The second-order valence-electron chi connectivity index (χ2n) is 16.6. The van der Waals surface area contributed by atoms with Crippen LogP contribution in [0.15, 0.2) is 33.2 Å². The van der Waals surface area contributed by atoms with Crippen molar-refractivity contribution in [2.24, 2.45) is 5.84 Å². The molecule has 366 valence electrons. The summed E-state index contributed by atoms with van der Waals surface area (Å²) < 4.78 is 107. The maximum absolute atomic E-state index is 13.8. The summed E-state index contributed by atoms with van der Waals surface area (Å²) in [5.41, 5.74) is 9.56. The Morgan fingerprint density at radius 2 is 1.08 bits per heavy atom. The van der Waals surface area contributed by atoms with Crippen LogP contribution in [0.3, 0.4) is 0 Å². The molecule has 65 heavy (non-hydrogen) atoms. The van der Waals surface area contributed by atoms with Gasteiger partial charge < -0.3 is 33.2 Å². The number of halogens is 8. The first-order valence-electron chi connectivity index (χ1n) is 20.6. The fourth-order valence-corrected chi connectivity index (χ4v) is 6.69. The fourth-order valence-electron chi connectivity index (χ4n) is 5.60. The minimum absolute atomic E-state index is 0. The highest BCUT2D eigenvalue weighted by atomic mass is 79.9. The molecule has 2 aliphatic rings. The van der Waals surface area contributed by atoms with Crippen LogP contribution in [-0.2, 0) is 18.9 Å². The minimum atomic E-state index is -2.35. The molecule has 2 saturated heterocycles. The van der Waals surface area contributed by atoms with Crippen molar-refractivity contribution in [1.82, 2.24) is 16.3 Å². The first kappa shape index (κ1) is 57.9. The molecule has 0 spiro atoms. The van der Waals surface area contributed by atoms with Crippen molar-refractivity contribution in [3.8, 4) is 17.2 Å². The highest BCUT2D eigenvalue weighted by molar-refractivity contribution is 9.11. The van der Waals surface area contributed by atoms with Crippen molar-refractivity contribution in [2.45, 2.75) is 118 Å². The summed E-state index contributed by atoms with van der Waals surface area (Å²) in [6, 6.07) is 6.27. The fraction of sp³-hybridized carbons (Fsp3) is 0.545. The maximum Gasteiger partial charge on any atom is 0.344 e. The quantitative estimate of drug-likeness (QED) is 0.0177. The van der Waals surface area contributed by atoms with E-state index in [1.807, 2.05) is 54.5 Å². The molecule has 0 aromatic heterocycles. The van der Waals surface area contributed by atoms with Crippen molar-refractivity contribution >= 4 is 56.1 Å². The number of ether oxygens (including phenoxy) is 7. The molecule has 21 heteroatoms. The summed E-state index contributed by atoms with van der Waals surface area (Å²) in [5, 5.41) is 0. The molecule has 3 aromatic rings. The van der Waals surface area contributed by atoms with Gasteiger partial charge in [0, 0.05) is 41.0 Å². The van der Waals surface area contributed by atoms with Gasteiger partial charge in [-0.3, -0.25) is 21.5 Å². The summed E-state index contributed by atoms with van der Waals surface area (Å²) in [5.74, 6) is -8.54. The maximum atomic E-state index is 13.8. The zero-order valence-electron chi connectivity index (χ0n) is 37.8. The van der Waals surface area contributed by atoms with Crippen molar-refractivity contribution < 1.29 is 64.7 Å². The van der Waals surface area contributed by atoms with Crippen molar-refractivity contribution in [3.05, 3.63) is 84.6 Å². The van der Waals surface area contributed by atoms with Crippen molar-refractivity contribution in [3.63, 3.8) is 0 Å². The van der Waals surface area contributed by atoms with E-state index in [1.165, 1.54) is 19.1 Å². The molecule has 0 aliphatic carbocycles. The summed E-state index contributed by atoms with van der Waals surface area (Å²) >= 11 is 6.76. The Balaban J connectivity index is 0.000000398. The number of benzene rings is 3. The molecule has 0 radical (unpaired) electrons. The van der Waals surface area contributed by atoms with E-state index in [2.05, 4.69) is 52.9 Å². The van der Waals surface area contributed by atoms with Gasteiger partial charge in [0.15, 0.2) is 12.6 Å². The van der Waals surface area contributed by atoms with E-state index in [4.69, 9.17) is 34.3 Å². The normalized spacial score (nSPS) is 16.2. The van der Waals surface area contributed by atoms with Gasteiger partial charge in [-0.1, -0.05) is 0 Å². The second-order valence-corrected chi connectivity index (χ2v) is 18.3.